The summed E-state index contributed by atoms with van der Waals surface area (Å²) in [6, 6.07) is 0. The molecule has 9 heteroatoms. The number of thioether (sulfide) groups is 1. The minimum Gasteiger partial charge on any atom is -0.425 e. The molecule has 3 aromatic rings. The highest BCUT2D eigenvalue weighted by Crippen LogP contribution is 2.35. The molecule has 150 valence electrons. The molecule has 0 saturated carbocycles. The van der Waals surface area contributed by atoms with Gasteiger partial charge in [0.1, 0.15) is 4.83 Å². The first-order valence-corrected chi connectivity index (χ1v) is 11.4. The number of fused-ring (bicyclic) bond motifs is 3. The largest absolute Gasteiger partial charge is 0.425 e. The summed E-state index contributed by atoms with van der Waals surface area (Å²) in [6.45, 7) is 3.37. The second kappa shape index (κ2) is 8.34. The molecule has 1 aliphatic rings. The Bertz CT molecular complexity index is 1040. The molecule has 0 aliphatic heterocycles. The molecule has 0 bridgehead atoms. The van der Waals surface area contributed by atoms with Crippen molar-refractivity contribution in [1.29, 1.82) is 0 Å². The van der Waals surface area contributed by atoms with E-state index < -0.39 is 0 Å². The van der Waals surface area contributed by atoms with Crippen molar-refractivity contribution in [2.75, 3.05) is 20.6 Å². The Kier molecular flexibility index (Phi) is 5.84. The van der Waals surface area contributed by atoms with Gasteiger partial charge in [-0.15, -0.1) is 21.5 Å². The van der Waals surface area contributed by atoms with E-state index in [4.69, 9.17) is 9.40 Å². The third-order valence-electron chi connectivity index (χ3n) is 4.92. The van der Waals surface area contributed by atoms with Crippen LogP contribution < -0.4 is 5.56 Å². The number of aromatic nitrogens is 4. The van der Waals surface area contributed by atoms with Crippen LogP contribution in [0.25, 0.3) is 10.2 Å². The number of thiophene rings is 1. The van der Waals surface area contributed by atoms with Crippen LogP contribution in [0.3, 0.4) is 0 Å². The quantitative estimate of drug-likeness (QED) is 0.430. The second-order valence-electron chi connectivity index (χ2n) is 7.40. The summed E-state index contributed by atoms with van der Waals surface area (Å²) in [5, 5.41) is 9.53. The topological polar surface area (TPSA) is 77.1 Å². The lowest BCUT2D eigenvalue weighted by Gasteiger charge is -2.14. The summed E-state index contributed by atoms with van der Waals surface area (Å²) in [5.41, 5.74) is 1.35. The van der Waals surface area contributed by atoms with Crippen LogP contribution in [-0.4, -0.2) is 45.3 Å². The van der Waals surface area contributed by atoms with Crippen molar-refractivity contribution in [1.82, 2.24) is 24.6 Å². The van der Waals surface area contributed by atoms with Gasteiger partial charge in [0, 0.05) is 18.3 Å². The smallest absolute Gasteiger partial charge is 0.263 e. The molecular formula is C19H25N5O2S2. The maximum absolute atomic E-state index is 13.4. The SMILES string of the molecule is Cc1nnc(CSc2nc3sc4c(c3c(=O)n2CCCN(C)C)CCCC4)o1. The van der Waals surface area contributed by atoms with Crippen molar-refractivity contribution in [3.63, 3.8) is 0 Å². The minimum atomic E-state index is 0.104. The summed E-state index contributed by atoms with van der Waals surface area (Å²) in [5.74, 6) is 1.62. The Morgan fingerprint density at radius 3 is 2.82 bits per heavy atom. The lowest BCUT2D eigenvalue weighted by atomic mass is 9.97. The molecule has 4 rings (SSSR count). The first-order chi connectivity index (χ1) is 13.5. The van der Waals surface area contributed by atoms with E-state index in [0.717, 1.165) is 47.6 Å². The zero-order valence-electron chi connectivity index (χ0n) is 16.5. The Hall–Kier alpha value is -1.71. The zero-order chi connectivity index (χ0) is 19.7. The van der Waals surface area contributed by atoms with Crippen molar-refractivity contribution in [2.45, 2.75) is 56.5 Å². The average Bonchev–Trinajstić information content (AvgIpc) is 3.24. The molecule has 0 aromatic carbocycles. The van der Waals surface area contributed by atoms with Crippen LogP contribution in [0, 0.1) is 6.92 Å². The first-order valence-electron chi connectivity index (χ1n) is 9.64. The summed E-state index contributed by atoms with van der Waals surface area (Å²) in [6.07, 6.45) is 5.33. The van der Waals surface area contributed by atoms with Gasteiger partial charge in [0.2, 0.25) is 11.8 Å². The van der Waals surface area contributed by atoms with E-state index in [1.165, 1.54) is 28.6 Å². The summed E-state index contributed by atoms with van der Waals surface area (Å²) in [4.78, 5) is 22.7. The molecule has 0 amide bonds. The highest BCUT2D eigenvalue weighted by molar-refractivity contribution is 7.98. The Balaban J connectivity index is 1.71. The van der Waals surface area contributed by atoms with Gasteiger partial charge in [-0.1, -0.05) is 11.8 Å². The average molecular weight is 420 g/mol. The number of rotatable bonds is 7. The predicted molar refractivity (Wildman–Crippen MR) is 112 cm³/mol. The van der Waals surface area contributed by atoms with E-state index >= 15 is 0 Å². The molecule has 3 heterocycles. The maximum Gasteiger partial charge on any atom is 0.263 e. The van der Waals surface area contributed by atoms with Crippen molar-refractivity contribution < 1.29 is 4.42 Å². The summed E-state index contributed by atoms with van der Waals surface area (Å²) < 4.78 is 7.33. The first kappa shape index (κ1) is 19.6. The van der Waals surface area contributed by atoms with E-state index in [-0.39, 0.29) is 5.56 Å². The van der Waals surface area contributed by atoms with E-state index in [2.05, 4.69) is 15.1 Å². The van der Waals surface area contributed by atoms with Crippen molar-refractivity contribution >= 4 is 33.3 Å². The molecule has 0 radical (unpaired) electrons. The van der Waals surface area contributed by atoms with Crippen LogP contribution in [0.4, 0.5) is 0 Å². The van der Waals surface area contributed by atoms with Crippen molar-refractivity contribution in [3.05, 3.63) is 32.6 Å². The van der Waals surface area contributed by atoms with Crippen LogP contribution in [0.1, 0.15) is 41.5 Å². The molecule has 28 heavy (non-hydrogen) atoms. The van der Waals surface area contributed by atoms with Gasteiger partial charge in [-0.2, -0.15) is 0 Å². The Morgan fingerprint density at radius 2 is 2.07 bits per heavy atom. The zero-order valence-corrected chi connectivity index (χ0v) is 18.2. The normalized spacial score (nSPS) is 14.1. The van der Waals surface area contributed by atoms with Crippen molar-refractivity contribution in [3.8, 4) is 0 Å². The fourth-order valence-electron chi connectivity index (χ4n) is 3.59. The summed E-state index contributed by atoms with van der Waals surface area (Å²) >= 11 is 3.19. The van der Waals surface area contributed by atoms with E-state index in [1.54, 1.807) is 18.3 Å². The molecule has 1 aliphatic carbocycles. The molecule has 0 N–H and O–H groups in total. The fourth-order valence-corrected chi connectivity index (χ4v) is 5.76. The van der Waals surface area contributed by atoms with Crippen LogP contribution in [-0.2, 0) is 25.1 Å². The van der Waals surface area contributed by atoms with Gasteiger partial charge in [-0.3, -0.25) is 9.36 Å². The van der Waals surface area contributed by atoms with Gasteiger partial charge in [-0.05, 0) is 58.3 Å². The third-order valence-corrected chi connectivity index (χ3v) is 7.07. The Labute approximate surface area is 172 Å². The molecule has 7 nitrogen and oxygen atoms in total. The third kappa shape index (κ3) is 4.01. The van der Waals surface area contributed by atoms with Crippen LogP contribution in [0.2, 0.25) is 0 Å². The maximum atomic E-state index is 13.4. The monoisotopic (exact) mass is 419 g/mol. The number of nitrogens with zero attached hydrogens (tertiary/aromatic N) is 5. The lowest BCUT2D eigenvalue weighted by molar-refractivity contribution is 0.379. The molecule has 0 saturated heterocycles. The van der Waals surface area contributed by atoms with Gasteiger partial charge in [0.15, 0.2) is 5.16 Å². The van der Waals surface area contributed by atoms with Crippen molar-refractivity contribution in [2.24, 2.45) is 0 Å². The van der Waals surface area contributed by atoms with Gasteiger partial charge in [0.25, 0.3) is 5.56 Å². The van der Waals surface area contributed by atoms with Gasteiger partial charge >= 0.3 is 0 Å². The fraction of sp³-hybridized carbons (Fsp3) is 0.579. The highest BCUT2D eigenvalue weighted by Gasteiger charge is 2.22. The van der Waals surface area contributed by atoms with E-state index in [9.17, 15) is 4.79 Å². The Morgan fingerprint density at radius 1 is 1.25 bits per heavy atom. The molecule has 0 unspecified atom stereocenters. The van der Waals surface area contributed by atoms with Crippen LogP contribution in [0.5, 0.6) is 0 Å². The number of aryl methyl sites for hydroxylation is 3. The van der Waals surface area contributed by atoms with Crippen LogP contribution in [0.15, 0.2) is 14.4 Å². The van der Waals surface area contributed by atoms with Gasteiger partial charge in [-0.25, -0.2) is 4.98 Å². The number of hydrogen-bond donors (Lipinski definition) is 0. The standard InChI is InChI=1S/C19H25N5O2S2/c1-12-21-22-15(26-12)11-27-19-20-17-16(13-7-4-5-8-14(13)28-17)18(25)24(19)10-6-9-23(2)3/h4-11H2,1-3H3. The van der Waals surface area contributed by atoms with E-state index in [0.29, 0.717) is 24.1 Å². The molecule has 0 atom stereocenters. The molecule has 0 fully saturated rings. The number of hydrogen-bond acceptors (Lipinski definition) is 8. The van der Waals surface area contributed by atoms with E-state index in [1.807, 2.05) is 18.7 Å². The van der Waals surface area contributed by atoms with Gasteiger partial charge < -0.3 is 9.32 Å². The predicted octanol–water partition coefficient (Wildman–Crippen LogP) is 3.27. The lowest BCUT2D eigenvalue weighted by Crippen LogP contribution is -2.25. The summed E-state index contributed by atoms with van der Waals surface area (Å²) in [7, 11) is 4.10. The molecule has 3 aromatic heterocycles. The highest BCUT2D eigenvalue weighted by atomic mass is 32.2. The second-order valence-corrected chi connectivity index (χ2v) is 9.43. The van der Waals surface area contributed by atoms with Gasteiger partial charge in [0.05, 0.1) is 11.1 Å². The molecule has 0 spiro atoms. The molecular weight excluding hydrogens is 394 g/mol. The minimum absolute atomic E-state index is 0.104. The van der Waals surface area contributed by atoms with Crippen LogP contribution >= 0.6 is 23.1 Å².